The van der Waals surface area contributed by atoms with E-state index in [-0.39, 0.29) is 18.6 Å². The number of aromatic nitrogens is 1. The highest BCUT2D eigenvalue weighted by atomic mass is 35.5. The van der Waals surface area contributed by atoms with Gasteiger partial charge in [0.25, 0.3) is 0 Å². The second-order valence-electron chi connectivity index (χ2n) is 3.98. The van der Waals surface area contributed by atoms with Crippen LogP contribution in [0.4, 0.5) is 10.6 Å². The Morgan fingerprint density at radius 2 is 2.15 bits per heavy atom. The molecular weight excluding hydrogens is 284 g/mol. The van der Waals surface area contributed by atoms with Crippen LogP contribution in [0.3, 0.4) is 0 Å². The highest BCUT2D eigenvalue weighted by molar-refractivity contribution is 6.17. The summed E-state index contributed by atoms with van der Waals surface area (Å²) in [5.41, 5.74) is 0.617. The number of anilines is 1. The summed E-state index contributed by atoms with van der Waals surface area (Å²) in [7, 11) is 1.51. The van der Waals surface area contributed by atoms with Crippen LogP contribution in [0.5, 0.6) is 0 Å². The third-order valence-electron chi connectivity index (χ3n) is 2.48. The minimum atomic E-state index is -0.625. The maximum atomic E-state index is 11.6. The Hall–Kier alpha value is -1.82. The average molecular weight is 301 g/mol. The van der Waals surface area contributed by atoms with E-state index < -0.39 is 6.09 Å². The van der Waals surface area contributed by atoms with Gasteiger partial charge in [-0.2, -0.15) is 0 Å². The molecule has 0 saturated carbocycles. The van der Waals surface area contributed by atoms with E-state index in [1.165, 1.54) is 18.1 Å². The molecule has 1 rings (SSSR count). The smallest absolute Gasteiger partial charge is 0.416 e. The number of alkyl halides is 1. The van der Waals surface area contributed by atoms with E-state index in [1.807, 2.05) is 6.92 Å². The SMILES string of the molecule is CCCC(=O)OCc1cccnc1N(C)C(=O)OCCl. The molecule has 0 bridgehead atoms. The predicted octanol–water partition coefficient (Wildman–Crippen LogP) is 2.69. The fourth-order valence-electron chi connectivity index (χ4n) is 1.51. The number of carbonyl (C=O) groups is 2. The van der Waals surface area contributed by atoms with Gasteiger partial charge in [0, 0.05) is 25.2 Å². The molecule has 110 valence electrons. The summed E-state index contributed by atoms with van der Waals surface area (Å²) in [5, 5.41) is 0. The number of nitrogens with zero attached hydrogens (tertiary/aromatic N) is 2. The van der Waals surface area contributed by atoms with E-state index in [0.29, 0.717) is 17.8 Å². The van der Waals surface area contributed by atoms with Crippen LogP contribution in [0.2, 0.25) is 0 Å². The second-order valence-corrected chi connectivity index (χ2v) is 4.19. The number of halogens is 1. The molecule has 0 fully saturated rings. The summed E-state index contributed by atoms with van der Waals surface area (Å²) in [6.45, 7) is 1.95. The van der Waals surface area contributed by atoms with Crippen molar-refractivity contribution in [2.75, 3.05) is 18.0 Å². The lowest BCUT2D eigenvalue weighted by Crippen LogP contribution is -2.28. The number of hydrogen-bond donors (Lipinski definition) is 0. The first kappa shape index (κ1) is 16.2. The lowest BCUT2D eigenvalue weighted by molar-refractivity contribution is -0.144. The predicted molar refractivity (Wildman–Crippen MR) is 74.5 cm³/mol. The Balaban J connectivity index is 2.77. The standard InChI is InChI=1S/C13H17ClN2O4/c1-3-5-11(17)19-8-10-6-4-7-15-12(10)16(2)13(18)20-9-14/h4,6-7H,3,5,8-9H2,1-2H3. The Morgan fingerprint density at radius 3 is 2.80 bits per heavy atom. The first-order chi connectivity index (χ1) is 9.60. The molecule has 0 unspecified atom stereocenters. The van der Waals surface area contributed by atoms with E-state index >= 15 is 0 Å². The lowest BCUT2D eigenvalue weighted by Gasteiger charge is -2.18. The van der Waals surface area contributed by atoms with Gasteiger partial charge in [-0.3, -0.25) is 9.69 Å². The summed E-state index contributed by atoms with van der Waals surface area (Å²) in [6.07, 6.45) is 2.00. The van der Waals surface area contributed by atoms with Crippen LogP contribution in [-0.4, -0.2) is 30.2 Å². The van der Waals surface area contributed by atoms with Crippen molar-refractivity contribution in [1.82, 2.24) is 4.98 Å². The summed E-state index contributed by atoms with van der Waals surface area (Å²) in [5.74, 6) is 0.0835. The van der Waals surface area contributed by atoms with Crippen molar-refractivity contribution in [3.63, 3.8) is 0 Å². The van der Waals surface area contributed by atoms with Gasteiger partial charge in [-0.15, -0.1) is 0 Å². The molecule has 0 radical (unpaired) electrons. The molecule has 0 aliphatic carbocycles. The van der Waals surface area contributed by atoms with Gasteiger partial charge in [0.15, 0.2) is 6.07 Å². The van der Waals surface area contributed by atoms with Crippen LogP contribution in [0.15, 0.2) is 18.3 Å². The molecular formula is C13H17ClN2O4. The lowest BCUT2D eigenvalue weighted by atomic mass is 10.2. The molecule has 6 nitrogen and oxygen atoms in total. The zero-order valence-corrected chi connectivity index (χ0v) is 12.2. The van der Waals surface area contributed by atoms with Crippen LogP contribution >= 0.6 is 11.6 Å². The van der Waals surface area contributed by atoms with Crippen molar-refractivity contribution in [2.24, 2.45) is 0 Å². The molecule has 0 atom stereocenters. The number of rotatable bonds is 6. The van der Waals surface area contributed by atoms with Crippen molar-refractivity contribution < 1.29 is 19.1 Å². The zero-order valence-electron chi connectivity index (χ0n) is 11.5. The number of ether oxygens (including phenoxy) is 2. The summed E-state index contributed by atoms with van der Waals surface area (Å²) < 4.78 is 9.80. The van der Waals surface area contributed by atoms with Gasteiger partial charge >= 0.3 is 12.1 Å². The molecule has 0 aromatic carbocycles. The van der Waals surface area contributed by atoms with Crippen molar-refractivity contribution in [3.8, 4) is 0 Å². The van der Waals surface area contributed by atoms with Gasteiger partial charge in [-0.1, -0.05) is 24.6 Å². The van der Waals surface area contributed by atoms with Crippen LogP contribution in [0, 0.1) is 0 Å². The van der Waals surface area contributed by atoms with E-state index in [4.69, 9.17) is 16.3 Å². The van der Waals surface area contributed by atoms with Gasteiger partial charge in [-0.25, -0.2) is 9.78 Å². The van der Waals surface area contributed by atoms with Crippen molar-refractivity contribution in [3.05, 3.63) is 23.9 Å². The topological polar surface area (TPSA) is 68.7 Å². The van der Waals surface area contributed by atoms with Crippen molar-refractivity contribution in [1.29, 1.82) is 0 Å². The van der Waals surface area contributed by atoms with Gasteiger partial charge in [0.05, 0.1) is 0 Å². The average Bonchev–Trinajstić information content (AvgIpc) is 2.45. The third-order valence-corrected chi connectivity index (χ3v) is 2.59. The van der Waals surface area contributed by atoms with Crippen LogP contribution < -0.4 is 4.90 Å². The monoisotopic (exact) mass is 300 g/mol. The van der Waals surface area contributed by atoms with E-state index in [9.17, 15) is 9.59 Å². The van der Waals surface area contributed by atoms with Gasteiger partial charge in [-0.05, 0) is 12.5 Å². The number of carbonyl (C=O) groups excluding carboxylic acids is 2. The third kappa shape index (κ3) is 4.70. The van der Waals surface area contributed by atoms with Gasteiger partial charge in [0.2, 0.25) is 0 Å². The molecule has 1 aromatic rings. The number of pyridine rings is 1. The van der Waals surface area contributed by atoms with Crippen molar-refractivity contribution in [2.45, 2.75) is 26.4 Å². The maximum absolute atomic E-state index is 11.6. The van der Waals surface area contributed by atoms with E-state index in [1.54, 1.807) is 12.1 Å². The number of amides is 1. The Bertz CT molecular complexity index is 467. The van der Waals surface area contributed by atoms with Gasteiger partial charge in [0.1, 0.15) is 12.4 Å². The molecule has 1 heterocycles. The minimum absolute atomic E-state index is 0.0561. The highest BCUT2D eigenvalue weighted by Gasteiger charge is 2.17. The van der Waals surface area contributed by atoms with E-state index in [0.717, 1.165) is 6.42 Å². The molecule has 0 spiro atoms. The summed E-state index contributed by atoms with van der Waals surface area (Å²) in [6, 6.07) is 3.19. The van der Waals surface area contributed by atoms with Crippen LogP contribution in [0.1, 0.15) is 25.3 Å². The molecule has 0 N–H and O–H groups in total. The Kier molecular flexibility index (Phi) is 6.79. The quantitative estimate of drug-likeness (QED) is 0.597. The molecule has 20 heavy (non-hydrogen) atoms. The van der Waals surface area contributed by atoms with Crippen molar-refractivity contribution >= 4 is 29.5 Å². The Labute approximate surface area is 122 Å². The molecule has 0 aliphatic heterocycles. The summed E-state index contributed by atoms with van der Waals surface area (Å²) in [4.78, 5) is 28.3. The first-order valence-corrected chi connectivity index (χ1v) is 6.69. The van der Waals surface area contributed by atoms with Gasteiger partial charge < -0.3 is 9.47 Å². The van der Waals surface area contributed by atoms with E-state index in [2.05, 4.69) is 9.72 Å². The molecule has 1 amide bonds. The number of esters is 1. The van der Waals surface area contributed by atoms with Crippen LogP contribution in [-0.2, 0) is 20.9 Å². The number of hydrogen-bond acceptors (Lipinski definition) is 5. The minimum Gasteiger partial charge on any atom is -0.461 e. The fourth-order valence-corrected chi connectivity index (χ4v) is 1.60. The maximum Gasteiger partial charge on any atom is 0.416 e. The first-order valence-electron chi connectivity index (χ1n) is 6.16. The zero-order chi connectivity index (χ0) is 15.0. The molecule has 7 heteroatoms. The Morgan fingerprint density at radius 1 is 1.40 bits per heavy atom. The fraction of sp³-hybridized carbons (Fsp3) is 0.462. The second kappa shape index (κ2) is 8.37. The van der Waals surface area contributed by atoms with Crippen LogP contribution in [0.25, 0.3) is 0 Å². The highest BCUT2D eigenvalue weighted by Crippen LogP contribution is 2.18. The molecule has 0 aliphatic rings. The largest absolute Gasteiger partial charge is 0.461 e. The molecule has 0 saturated heterocycles. The normalized spacial score (nSPS) is 9.95. The molecule has 1 aromatic heterocycles. The summed E-state index contributed by atoms with van der Waals surface area (Å²) >= 11 is 5.35.